The van der Waals surface area contributed by atoms with Crippen molar-refractivity contribution in [1.82, 2.24) is 16.0 Å². The number of aryl methyl sites for hydroxylation is 1. The molecule has 2 aromatic carbocycles. The number of para-hydroxylation sites is 1. The van der Waals surface area contributed by atoms with E-state index in [1.54, 1.807) is 30.3 Å². The Kier molecular flexibility index (Phi) is 9.94. The molecule has 1 heterocycles. The lowest BCUT2D eigenvalue weighted by Crippen LogP contribution is -2.57. The van der Waals surface area contributed by atoms with E-state index in [1.165, 1.54) is 6.92 Å². The minimum Gasteiger partial charge on any atom is -0.481 e. The Hall–Kier alpha value is -4.25. The largest absolute Gasteiger partial charge is 0.481 e. The Morgan fingerprint density at radius 3 is 2.34 bits per heavy atom. The molecule has 202 valence electrons. The summed E-state index contributed by atoms with van der Waals surface area (Å²) in [6.07, 6.45) is 0.910. The number of hydrogen-bond acceptors (Lipinski definition) is 6. The number of carbonyl (C=O) groups is 5. The third-order valence-electron chi connectivity index (χ3n) is 6.10. The zero-order valence-electron chi connectivity index (χ0n) is 21.4. The predicted octanol–water partition coefficient (Wildman–Crippen LogP) is 1.97. The van der Waals surface area contributed by atoms with Gasteiger partial charge in [0.25, 0.3) is 5.91 Å². The summed E-state index contributed by atoms with van der Waals surface area (Å²) in [5.41, 5.74) is 2.75. The van der Waals surface area contributed by atoms with E-state index in [9.17, 15) is 24.0 Å². The first-order chi connectivity index (χ1) is 18.1. The Morgan fingerprint density at radius 1 is 1.00 bits per heavy atom. The van der Waals surface area contributed by atoms with Crippen molar-refractivity contribution in [2.75, 3.05) is 17.2 Å². The molecule has 11 nitrogen and oxygen atoms in total. The summed E-state index contributed by atoms with van der Waals surface area (Å²) in [7, 11) is 0. The summed E-state index contributed by atoms with van der Waals surface area (Å²) in [5, 5.41) is 22.5. The number of aliphatic carboxylic acids is 1. The van der Waals surface area contributed by atoms with E-state index in [-0.39, 0.29) is 12.8 Å². The maximum Gasteiger partial charge on any atom is 0.323 e. The number of carbonyl (C=O) groups excluding carboxylic acids is 4. The zero-order valence-corrected chi connectivity index (χ0v) is 21.4. The maximum absolute atomic E-state index is 13.0. The van der Waals surface area contributed by atoms with Gasteiger partial charge < -0.3 is 31.7 Å². The van der Waals surface area contributed by atoms with Crippen LogP contribution in [0.5, 0.6) is 0 Å². The van der Waals surface area contributed by atoms with Gasteiger partial charge in [0.2, 0.25) is 5.91 Å². The summed E-state index contributed by atoms with van der Waals surface area (Å²) in [6, 6.07) is 10.9. The second kappa shape index (κ2) is 13.3. The van der Waals surface area contributed by atoms with Crippen LogP contribution in [0.1, 0.15) is 37.3 Å². The summed E-state index contributed by atoms with van der Waals surface area (Å²) in [5.74, 6) is -2.84. The minimum atomic E-state index is -1.44. The van der Waals surface area contributed by atoms with E-state index in [4.69, 9.17) is 5.11 Å². The quantitative estimate of drug-likeness (QED) is 0.245. The Bertz CT molecular complexity index is 1180. The number of urea groups is 1. The van der Waals surface area contributed by atoms with E-state index in [0.717, 1.165) is 12.0 Å². The molecule has 0 spiro atoms. The van der Waals surface area contributed by atoms with Gasteiger partial charge in [0.15, 0.2) is 11.8 Å². The van der Waals surface area contributed by atoms with Gasteiger partial charge in [-0.15, -0.1) is 0 Å². The van der Waals surface area contributed by atoms with Gasteiger partial charge in [-0.1, -0.05) is 30.3 Å². The first-order valence-corrected chi connectivity index (χ1v) is 12.4. The number of anilines is 2. The first-order valence-electron chi connectivity index (χ1n) is 12.4. The molecule has 0 aromatic heterocycles. The third-order valence-corrected chi connectivity index (χ3v) is 6.10. The molecule has 4 amide bonds. The van der Waals surface area contributed by atoms with Crippen LogP contribution in [0.25, 0.3) is 0 Å². The smallest absolute Gasteiger partial charge is 0.323 e. The fourth-order valence-electron chi connectivity index (χ4n) is 4.13. The highest BCUT2D eigenvalue weighted by Crippen LogP contribution is 2.15. The fraction of sp³-hybridized carbons (Fsp3) is 0.370. The summed E-state index contributed by atoms with van der Waals surface area (Å²) >= 11 is 0. The lowest BCUT2D eigenvalue weighted by molar-refractivity contribution is -0.138. The number of nitrogens with one attached hydrogen (secondary N) is 5. The van der Waals surface area contributed by atoms with Crippen LogP contribution in [0.15, 0.2) is 48.5 Å². The Morgan fingerprint density at radius 2 is 1.71 bits per heavy atom. The van der Waals surface area contributed by atoms with Gasteiger partial charge in [0, 0.05) is 17.4 Å². The normalized spacial score (nSPS) is 16.1. The molecule has 2 aromatic rings. The van der Waals surface area contributed by atoms with Gasteiger partial charge in [-0.05, 0) is 62.6 Å². The zero-order chi connectivity index (χ0) is 27.7. The number of carboxylic acid groups (broad SMARTS) is 1. The summed E-state index contributed by atoms with van der Waals surface area (Å²) in [6.45, 7) is 4.04. The van der Waals surface area contributed by atoms with E-state index in [2.05, 4.69) is 26.6 Å². The van der Waals surface area contributed by atoms with Crippen LogP contribution in [0, 0.1) is 6.92 Å². The number of rotatable bonds is 11. The van der Waals surface area contributed by atoms with Crippen LogP contribution in [0.4, 0.5) is 16.2 Å². The molecule has 0 saturated carbocycles. The highest BCUT2D eigenvalue weighted by Gasteiger charge is 2.35. The summed E-state index contributed by atoms with van der Waals surface area (Å²) < 4.78 is 0. The minimum absolute atomic E-state index is 0.102. The van der Waals surface area contributed by atoms with Crippen LogP contribution >= 0.6 is 0 Å². The fourth-order valence-corrected chi connectivity index (χ4v) is 4.13. The van der Waals surface area contributed by atoms with Crippen molar-refractivity contribution in [1.29, 1.82) is 0 Å². The van der Waals surface area contributed by atoms with Crippen molar-refractivity contribution in [3.8, 4) is 0 Å². The molecular weight excluding hydrogens is 490 g/mol. The molecule has 11 heteroatoms. The first kappa shape index (κ1) is 28.3. The predicted molar refractivity (Wildman–Crippen MR) is 142 cm³/mol. The number of benzene rings is 2. The van der Waals surface area contributed by atoms with E-state index >= 15 is 0 Å². The Labute approximate surface area is 220 Å². The van der Waals surface area contributed by atoms with Gasteiger partial charge >= 0.3 is 12.0 Å². The molecule has 3 rings (SSSR count). The van der Waals surface area contributed by atoms with Gasteiger partial charge in [-0.2, -0.15) is 0 Å². The van der Waals surface area contributed by atoms with Crippen LogP contribution in [0.3, 0.4) is 0 Å². The third kappa shape index (κ3) is 8.41. The van der Waals surface area contributed by atoms with Crippen LogP contribution in [0.2, 0.25) is 0 Å². The molecule has 0 bridgehead atoms. The molecular formula is C27H33N5O6. The van der Waals surface area contributed by atoms with Crippen molar-refractivity contribution in [3.05, 3.63) is 59.7 Å². The van der Waals surface area contributed by atoms with Gasteiger partial charge in [0.1, 0.15) is 0 Å². The molecule has 0 aliphatic carbocycles. The average Bonchev–Trinajstić information content (AvgIpc) is 3.39. The van der Waals surface area contributed by atoms with Crippen molar-refractivity contribution >= 4 is 41.0 Å². The van der Waals surface area contributed by atoms with E-state index < -0.39 is 47.7 Å². The lowest BCUT2D eigenvalue weighted by atomic mass is 10.0. The number of hydrogen-bond donors (Lipinski definition) is 6. The topological polar surface area (TPSA) is 166 Å². The average molecular weight is 524 g/mol. The van der Waals surface area contributed by atoms with Crippen molar-refractivity contribution < 1.29 is 29.1 Å². The standard InChI is InChI=1S/C27H33N5O6/c1-16-6-3-4-7-20(16)31-27(38)30-19-11-9-18(10-12-19)15-22(33)32-24(25(36)21-8-5-13-28-21)26(37)29-17(2)14-23(34)35/h3-4,6-7,9-12,17,21,24,28H,5,8,13-15H2,1-2H3,(H,29,37)(H,32,33)(H,34,35)(H2,30,31,38)/t17-,21+,24+/m1/s1. The molecule has 38 heavy (non-hydrogen) atoms. The molecule has 3 atom stereocenters. The van der Waals surface area contributed by atoms with Gasteiger partial charge in [0.05, 0.1) is 18.9 Å². The highest BCUT2D eigenvalue weighted by atomic mass is 16.4. The molecule has 0 unspecified atom stereocenters. The number of carboxylic acids is 1. The van der Waals surface area contributed by atoms with Crippen molar-refractivity contribution in [2.24, 2.45) is 0 Å². The number of ketones is 1. The molecule has 1 saturated heterocycles. The van der Waals surface area contributed by atoms with Gasteiger partial charge in [-0.25, -0.2) is 4.79 Å². The highest BCUT2D eigenvalue weighted by molar-refractivity contribution is 6.10. The SMILES string of the molecule is Cc1ccccc1NC(=O)Nc1ccc(CC(=O)N[C@H](C(=O)N[C@H](C)CC(=O)O)C(=O)[C@@H]2CCCN2)cc1. The Balaban J connectivity index is 1.59. The maximum atomic E-state index is 13.0. The van der Waals surface area contributed by atoms with Crippen LogP contribution in [-0.4, -0.2) is 59.4 Å². The number of amides is 4. The van der Waals surface area contributed by atoms with Crippen molar-refractivity contribution in [3.63, 3.8) is 0 Å². The molecule has 1 fully saturated rings. The second-order valence-electron chi connectivity index (χ2n) is 9.33. The van der Waals surface area contributed by atoms with Crippen LogP contribution in [-0.2, 0) is 25.6 Å². The second-order valence-corrected chi connectivity index (χ2v) is 9.33. The van der Waals surface area contributed by atoms with Gasteiger partial charge in [-0.3, -0.25) is 19.2 Å². The monoisotopic (exact) mass is 523 g/mol. The lowest BCUT2D eigenvalue weighted by Gasteiger charge is -2.22. The van der Waals surface area contributed by atoms with E-state index in [1.807, 2.05) is 25.1 Å². The molecule has 1 aliphatic heterocycles. The van der Waals surface area contributed by atoms with Crippen LogP contribution < -0.4 is 26.6 Å². The van der Waals surface area contributed by atoms with E-state index in [0.29, 0.717) is 29.9 Å². The summed E-state index contributed by atoms with van der Waals surface area (Å²) in [4.78, 5) is 61.8. The molecule has 1 aliphatic rings. The molecule has 6 N–H and O–H groups in total. The van der Waals surface area contributed by atoms with Crippen molar-refractivity contribution in [2.45, 2.75) is 57.7 Å². The molecule has 0 radical (unpaired) electrons. The number of Topliss-reactive ketones (excluding diaryl/α,β-unsaturated/α-hetero) is 1.